The number of thiazole rings is 1. The van der Waals surface area contributed by atoms with Gasteiger partial charge in [-0.1, -0.05) is 42.5 Å². The molecule has 1 amide bonds. The number of fused-ring (bicyclic) bond motifs is 1. The molecule has 0 bridgehead atoms. The van der Waals surface area contributed by atoms with Crippen molar-refractivity contribution in [2.24, 2.45) is 0 Å². The number of ether oxygens (including phenoxy) is 2. The van der Waals surface area contributed by atoms with Crippen LogP contribution in [0.5, 0.6) is 5.75 Å². The second-order valence-electron chi connectivity index (χ2n) is 8.23. The number of carbonyl (C=O) groups excluding carboxylic acids is 1. The molecule has 1 atom stereocenters. The molecule has 1 N–H and O–H groups in total. The number of carbonyl (C=O) groups is 1. The van der Waals surface area contributed by atoms with Crippen LogP contribution in [0.15, 0.2) is 54.6 Å². The third-order valence-electron chi connectivity index (χ3n) is 5.86. The Bertz CT molecular complexity index is 1060. The molecule has 2 aliphatic rings. The molecule has 2 aliphatic heterocycles. The van der Waals surface area contributed by atoms with E-state index in [0.29, 0.717) is 23.1 Å². The van der Waals surface area contributed by atoms with Crippen LogP contribution in [0, 0.1) is 0 Å². The van der Waals surface area contributed by atoms with Gasteiger partial charge in [0.15, 0.2) is 5.13 Å². The lowest BCUT2D eigenvalue weighted by atomic mass is 10.1. The van der Waals surface area contributed by atoms with Crippen molar-refractivity contribution in [2.75, 3.05) is 25.1 Å². The summed E-state index contributed by atoms with van der Waals surface area (Å²) in [5, 5.41) is 3.64. The lowest BCUT2D eigenvalue weighted by Crippen LogP contribution is -2.29. The first-order valence-electron chi connectivity index (χ1n) is 11.1. The number of para-hydroxylation sites is 1. The van der Waals surface area contributed by atoms with Crippen molar-refractivity contribution in [3.63, 3.8) is 0 Å². The minimum Gasteiger partial charge on any atom is -0.490 e. The molecule has 5 rings (SSSR count). The summed E-state index contributed by atoms with van der Waals surface area (Å²) in [5.74, 6) is 0.385. The number of hydrogen-bond donors (Lipinski definition) is 1. The lowest BCUT2D eigenvalue weighted by molar-refractivity contribution is 0.0673. The summed E-state index contributed by atoms with van der Waals surface area (Å²) >= 11 is 1.57. The Hall–Kier alpha value is -2.74. The zero-order valence-corrected chi connectivity index (χ0v) is 18.8. The SMILES string of the molecule is O=C(Nc1nc2c(s1)CN(Cc1ccccc1)CC2)c1ccccc1OCC1CCCO1. The molecule has 7 heteroatoms. The molecule has 32 heavy (non-hydrogen) atoms. The first-order chi connectivity index (χ1) is 15.7. The molecule has 1 unspecified atom stereocenters. The molecule has 3 aromatic rings. The van der Waals surface area contributed by atoms with Crippen molar-refractivity contribution in [3.8, 4) is 5.75 Å². The Kier molecular flexibility index (Phi) is 6.48. The van der Waals surface area contributed by atoms with Crippen LogP contribution < -0.4 is 10.1 Å². The van der Waals surface area contributed by atoms with E-state index in [0.717, 1.165) is 51.2 Å². The average molecular weight is 450 g/mol. The average Bonchev–Trinajstić information content (AvgIpc) is 3.48. The van der Waals surface area contributed by atoms with Crippen molar-refractivity contribution < 1.29 is 14.3 Å². The maximum absolute atomic E-state index is 13.0. The van der Waals surface area contributed by atoms with E-state index in [2.05, 4.69) is 34.5 Å². The number of nitrogens with one attached hydrogen (secondary N) is 1. The summed E-state index contributed by atoms with van der Waals surface area (Å²) in [5.41, 5.74) is 2.93. The zero-order chi connectivity index (χ0) is 21.8. The van der Waals surface area contributed by atoms with Crippen molar-refractivity contribution in [2.45, 2.75) is 38.5 Å². The van der Waals surface area contributed by atoms with Gasteiger partial charge < -0.3 is 9.47 Å². The summed E-state index contributed by atoms with van der Waals surface area (Å²) < 4.78 is 11.5. The van der Waals surface area contributed by atoms with Gasteiger partial charge >= 0.3 is 0 Å². The maximum atomic E-state index is 13.0. The quantitative estimate of drug-likeness (QED) is 0.575. The molecule has 166 valence electrons. The van der Waals surface area contributed by atoms with Crippen LogP contribution >= 0.6 is 11.3 Å². The third-order valence-corrected chi connectivity index (χ3v) is 6.86. The minimum atomic E-state index is -0.194. The minimum absolute atomic E-state index is 0.107. The Morgan fingerprint density at radius 3 is 2.88 bits per heavy atom. The van der Waals surface area contributed by atoms with Crippen LogP contribution in [0.3, 0.4) is 0 Å². The fourth-order valence-corrected chi connectivity index (χ4v) is 5.23. The van der Waals surface area contributed by atoms with Gasteiger partial charge in [-0.3, -0.25) is 15.0 Å². The van der Waals surface area contributed by atoms with E-state index in [1.165, 1.54) is 10.4 Å². The number of amides is 1. The van der Waals surface area contributed by atoms with Crippen molar-refractivity contribution in [1.82, 2.24) is 9.88 Å². The molecule has 0 saturated carbocycles. The van der Waals surface area contributed by atoms with E-state index in [9.17, 15) is 4.79 Å². The van der Waals surface area contributed by atoms with Crippen LogP contribution in [0.25, 0.3) is 0 Å². The molecule has 0 spiro atoms. The number of hydrogen-bond acceptors (Lipinski definition) is 6. The Labute approximate surface area is 192 Å². The van der Waals surface area contributed by atoms with Crippen LogP contribution in [-0.2, 0) is 24.2 Å². The van der Waals surface area contributed by atoms with Gasteiger partial charge in [0.1, 0.15) is 12.4 Å². The predicted octanol–water partition coefficient (Wildman–Crippen LogP) is 4.51. The Morgan fingerprint density at radius 2 is 2.03 bits per heavy atom. The molecule has 0 aliphatic carbocycles. The van der Waals surface area contributed by atoms with Gasteiger partial charge in [-0.05, 0) is 30.5 Å². The molecule has 1 saturated heterocycles. The number of anilines is 1. The molecule has 2 aromatic carbocycles. The maximum Gasteiger partial charge on any atom is 0.261 e. The fraction of sp³-hybridized carbons (Fsp3) is 0.360. The molecule has 3 heterocycles. The van der Waals surface area contributed by atoms with Gasteiger partial charge in [0, 0.05) is 37.5 Å². The van der Waals surface area contributed by atoms with Gasteiger partial charge in [-0.15, -0.1) is 11.3 Å². The van der Waals surface area contributed by atoms with E-state index in [4.69, 9.17) is 14.5 Å². The first-order valence-corrected chi connectivity index (χ1v) is 12.0. The van der Waals surface area contributed by atoms with Gasteiger partial charge in [-0.2, -0.15) is 0 Å². The monoisotopic (exact) mass is 449 g/mol. The second kappa shape index (κ2) is 9.81. The van der Waals surface area contributed by atoms with Gasteiger partial charge in [0.2, 0.25) is 0 Å². The number of nitrogens with zero attached hydrogens (tertiary/aromatic N) is 2. The fourth-order valence-electron chi connectivity index (χ4n) is 4.18. The highest BCUT2D eigenvalue weighted by Gasteiger charge is 2.23. The molecule has 0 radical (unpaired) electrons. The van der Waals surface area contributed by atoms with E-state index >= 15 is 0 Å². The van der Waals surface area contributed by atoms with E-state index in [-0.39, 0.29) is 12.0 Å². The Balaban J connectivity index is 1.22. The summed E-state index contributed by atoms with van der Waals surface area (Å²) in [6, 6.07) is 17.9. The number of benzene rings is 2. The van der Waals surface area contributed by atoms with Crippen molar-refractivity contribution in [3.05, 3.63) is 76.3 Å². The first kappa shape index (κ1) is 21.1. The van der Waals surface area contributed by atoms with Crippen molar-refractivity contribution >= 4 is 22.4 Å². The van der Waals surface area contributed by atoms with Gasteiger partial charge in [-0.25, -0.2) is 4.98 Å². The van der Waals surface area contributed by atoms with Crippen LogP contribution in [-0.4, -0.2) is 41.7 Å². The van der Waals surface area contributed by atoms with Crippen LogP contribution in [0.2, 0.25) is 0 Å². The normalized spacial score (nSPS) is 18.3. The highest BCUT2D eigenvalue weighted by atomic mass is 32.1. The zero-order valence-electron chi connectivity index (χ0n) is 18.0. The molecule has 1 fully saturated rings. The van der Waals surface area contributed by atoms with E-state index in [1.807, 2.05) is 24.3 Å². The lowest BCUT2D eigenvalue weighted by Gasteiger charge is -2.25. The van der Waals surface area contributed by atoms with Crippen LogP contribution in [0.1, 0.15) is 39.3 Å². The number of rotatable bonds is 7. The van der Waals surface area contributed by atoms with E-state index < -0.39 is 0 Å². The second-order valence-corrected chi connectivity index (χ2v) is 9.32. The van der Waals surface area contributed by atoms with E-state index in [1.54, 1.807) is 17.4 Å². The molecule has 1 aromatic heterocycles. The Morgan fingerprint density at radius 1 is 1.19 bits per heavy atom. The molecule has 6 nitrogen and oxygen atoms in total. The standard InChI is InChI=1S/C25H27N3O3S/c29-24(20-10-4-5-11-22(20)31-17-19-9-6-14-30-19)27-25-26-21-12-13-28(16-23(21)32-25)15-18-7-2-1-3-8-18/h1-5,7-8,10-11,19H,6,9,12-17H2,(H,26,27,29). The summed E-state index contributed by atoms with van der Waals surface area (Å²) in [4.78, 5) is 21.3. The largest absolute Gasteiger partial charge is 0.490 e. The van der Waals surface area contributed by atoms with Crippen LogP contribution in [0.4, 0.5) is 5.13 Å². The van der Waals surface area contributed by atoms with Crippen molar-refractivity contribution in [1.29, 1.82) is 0 Å². The van der Waals surface area contributed by atoms with Gasteiger partial charge in [0.25, 0.3) is 5.91 Å². The predicted molar refractivity (Wildman–Crippen MR) is 125 cm³/mol. The highest BCUT2D eigenvalue weighted by Crippen LogP contribution is 2.30. The summed E-state index contributed by atoms with van der Waals surface area (Å²) in [6.45, 7) is 4.01. The third kappa shape index (κ3) is 5.01. The topological polar surface area (TPSA) is 63.7 Å². The molecular formula is C25H27N3O3S. The summed E-state index contributed by atoms with van der Waals surface area (Å²) in [7, 11) is 0. The van der Waals surface area contributed by atoms with Gasteiger partial charge in [0.05, 0.1) is 17.4 Å². The molecular weight excluding hydrogens is 422 g/mol. The highest BCUT2D eigenvalue weighted by molar-refractivity contribution is 7.15. The summed E-state index contributed by atoms with van der Waals surface area (Å²) in [6.07, 6.45) is 3.07. The smallest absolute Gasteiger partial charge is 0.261 e. The number of aromatic nitrogens is 1.